The fourth-order valence-electron chi connectivity index (χ4n) is 1.61. The van der Waals surface area contributed by atoms with E-state index in [2.05, 4.69) is 41.2 Å². The summed E-state index contributed by atoms with van der Waals surface area (Å²) in [6.45, 7) is 6.05. The van der Waals surface area contributed by atoms with Crippen LogP contribution in [0.5, 0.6) is 0 Å². The van der Waals surface area contributed by atoms with E-state index in [-0.39, 0.29) is 0 Å². The van der Waals surface area contributed by atoms with Crippen molar-refractivity contribution in [3.05, 3.63) is 58.9 Å². The van der Waals surface area contributed by atoms with Crippen molar-refractivity contribution < 1.29 is 0 Å². The lowest BCUT2D eigenvalue weighted by molar-refractivity contribution is 1.12. The lowest BCUT2D eigenvalue weighted by Gasteiger charge is -2.00. The zero-order valence-corrected chi connectivity index (χ0v) is 10.4. The van der Waals surface area contributed by atoms with Gasteiger partial charge in [0.2, 0.25) is 0 Å². The first-order valence-electron chi connectivity index (χ1n) is 5.70. The Kier molecular flexibility index (Phi) is 3.33. The summed E-state index contributed by atoms with van der Waals surface area (Å²) in [5, 5.41) is 0. The molecule has 0 spiro atoms. The molecule has 0 fully saturated rings. The Labute approximate surface area is 102 Å². The van der Waals surface area contributed by atoms with E-state index >= 15 is 0 Å². The smallest absolute Gasteiger partial charge is 0.0842 e. The average Bonchev–Trinajstić information content (AvgIpc) is 2.30. The van der Waals surface area contributed by atoms with E-state index < -0.39 is 0 Å². The lowest BCUT2D eigenvalue weighted by atomic mass is 10.2. The van der Waals surface area contributed by atoms with E-state index in [0.29, 0.717) is 0 Å². The van der Waals surface area contributed by atoms with Gasteiger partial charge in [0.15, 0.2) is 0 Å². The lowest BCUT2D eigenvalue weighted by Crippen LogP contribution is -1.86. The van der Waals surface area contributed by atoms with Gasteiger partial charge in [-0.1, -0.05) is 29.8 Å². The number of nitrogens with zero attached hydrogens (tertiary/aromatic N) is 2. The second kappa shape index (κ2) is 4.91. The summed E-state index contributed by atoms with van der Waals surface area (Å²) in [6.07, 6.45) is 1.87. The van der Waals surface area contributed by atoms with E-state index in [4.69, 9.17) is 0 Å². The molecule has 0 N–H and O–H groups in total. The van der Waals surface area contributed by atoms with Crippen molar-refractivity contribution in [3.8, 4) is 0 Å². The molecule has 0 aliphatic heterocycles. The Morgan fingerprint density at radius 3 is 2.29 bits per heavy atom. The van der Waals surface area contributed by atoms with Gasteiger partial charge in [0.05, 0.1) is 11.4 Å². The molecule has 0 saturated carbocycles. The third-order valence-electron chi connectivity index (χ3n) is 2.63. The fraction of sp³-hybridized carbons (Fsp3) is 0.200. The van der Waals surface area contributed by atoms with Crippen LogP contribution in [0.4, 0.5) is 5.69 Å². The highest BCUT2D eigenvalue weighted by molar-refractivity contribution is 5.82. The van der Waals surface area contributed by atoms with Gasteiger partial charge in [-0.05, 0) is 38.5 Å². The van der Waals surface area contributed by atoms with Gasteiger partial charge in [0, 0.05) is 11.9 Å². The van der Waals surface area contributed by atoms with Gasteiger partial charge >= 0.3 is 0 Å². The molecule has 0 aliphatic carbocycles. The van der Waals surface area contributed by atoms with E-state index in [1.165, 1.54) is 5.56 Å². The van der Waals surface area contributed by atoms with Gasteiger partial charge in [0.25, 0.3) is 0 Å². The van der Waals surface area contributed by atoms with Crippen molar-refractivity contribution in [1.82, 2.24) is 4.98 Å². The van der Waals surface area contributed by atoms with Crippen LogP contribution in [0.2, 0.25) is 0 Å². The molecule has 1 aromatic carbocycles. The maximum Gasteiger partial charge on any atom is 0.0842 e. The van der Waals surface area contributed by atoms with Crippen LogP contribution in [0.3, 0.4) is 0 Å². The molecule has 0 atom stereocenters. The van der Waals surface area contributed by atoms with E-state index in [1.54, 1.807) is 0 Å². The molecule has 2 heteroatoms. The standard InChI is InChI=1S/C15H16N2/c1-11-4-7-14(8-5-11)10-16-15-9-6-12(2)17-13(15)3/h4-10H,1-3H3. The Hall–Kier alpha value is -1.96. The van der Waals surface area contributed by atoms with Gasteiger partial charge in [-0.25, -0.2) is 0 Å². The van der Waals surface area contributed by atoms with Crippen molar-refractivity contribution in [2.45, 2.75) is 20.8 Å². The van der Waals surface area contributed by atoms with Crippen LogP contribution in [0, 0.1) is 20.8 Å². The summed E-state index contributed by atoms with van der Waals surface area (Å²) in [5.41, 5.74) is 5.28. The number of pyridine rings is 1. The molecule has 17 heavy (non-hydrogen) atoms. The minimum absolute atomic E-state index is 0.927. The molecular formula is C15H16N2. The molecule has 1 aromatic heterocycles. The highest BCUT2D eigenvalue weighted by Crippen LogP contribution is 2.16. The first-order valence-corrected chi connectivity index (χ1v) is 5.70. The van der Waals surface area contributed by atoms with Gasteiger partial charge in [0.1, 0.15) is 0 Å². The number of hydrogen-bond acceptors (Lipinski definition) is 2. The number of aliphatic imine (C=N–C) groups is 1. The molecule has 2 aromatic rings. The normalized spacial score (nSPS) is 11.0. The monoisotopic (exact) mass is 224 g/mol. The summed E-state index contributed by atoms with van der Waals surface area (Å²) < 4.78 is 0. The summed E-state index contributed by atoms with van der Waals surface area (Å²) >= 11 is 0. The van der Waals surface area contributed by atoms with Crippen LogP contribution in [-0.2, 0) is 0 Å². The van der Waals surface area contributed by atoms with E-state index in [0.717, 1.165) is 22.6 Å². The molecule has 2 nitrogen and oxygen atoms in total. The van der Waals surface area contributed by atoms with Crippen LogP contribution >= 0.6 is 0 Å². The fourth-order valence-corrected chi connectivity index (χ4v) is 1.61. The number of aromatic nitrogens is 1. The summed E-state index contributed by atoms with van der Waals surface area (Å²) in [5.74, 6) is 0. The Morgan fingerprint density at radius 1 is 0.941 bits per heavy atom. The van der Waals surface area contributed by atoms with Gasteiger partial charge in [-0.15, -0.1) is 0 Å². The SMILES string of the molecule is Cc1ccc(C=Nc2ccc(C)nc2C)cc1. The quantitative estimate of drug-likeness (QED) is 0.713. The number of benzene rings is 1. The van der Waals surface area contributed by atoms with Crippen molar-refractivity contribution >= 4 is 11.9 Å². The molecule has 0 unspecified atom stereocenters. The maximum absolute atomic E-state index is 4.46. The van der Waals surface area contributed by atoms with Crippen LogP contribution < -0.4 is 0 Å². The molecule has 0 radical (unpaired) electrons. The van der Waals surface area contributed by atoms with Crippen molar-refractivity contribution in [2.24, 2.45) is 4.99 Å². The molecule has 86 valence electrons. The highest BCUT2D eigenvalue weighted by atomic mass is 14.8. The number of rotatable bonds is 2. The molecule has 0 saturated heterocycles. The molecule has 0 aliphatic rings. The third-order valence-corrected chi connectivity index (χ3v) is 2.63. The molecule has 1 heterocycles. The second-order valence-electron chi connectivity index (χ2n) is 4.23. The van der Waals surface area contributed by atoms with Gasteiger partial charge in [-0.3, -0.25) is 9.98 Å². The zero-order chi connectivity index (χ0) is 12.3. The summed E-state index contributed by atoms with van der Waals surface area (Å²) in [6, 6.07) is 12.3. The van der Waals surface area contributed by atoms with Crippen molar-refractivity contribution in [3.63, 3.8) is 0 Å². The number of aryl methyl sites for hydroxylation is 3. The summed E-state index contributed by atoms with van der Waals surface area (Å²) in [7, 11) is 0. The van der Waals surface area contributed by atoms with Gasteiger partial charge < -0.3 is 0 Å². The predicted octanol–water partition coefficient (Wildman–Crippen LogP) is 3.76. The zero-order valence-electron chi connectivity index (χ0n) is 10.4. The van der Waals surface area contributed by atoms with Crippen LogP contribution in [-0.4, -0.2) is 11.2 Å². The highest BCUT2D eigenvalue weighted by Gasteiger charge is 1.96. The minimum atomic E-state index is 0.927. The first kappa shape index (κ1) is 11.5. The molecular weight excluding hydrogens is 208 g/mol. The molecule has 0 amide bonds. The average molecular weight is 224 g/mol. The van der Waals surface area contributed by atoms with Gasteiger partial charge in [-0.2, -0.15) is 0 Å². The van der Waals surface area contributed by atoms with Crippen molar-refractivity contribution in [2.75, 3.05) is 0 Å². The first-order chi connectivity index (χ1) is 8.15. The second-order valence-corrected chi connectivity index (χ2v) is 4.23. The largest absolute Gasteiger partial charge is 0.256 e. The predicted molar refractivity (Wildman–Crippen MR) is 72.1 cm³/mol. The number of hydrogen-bond donors (Lipinski definition) is 0. The van der Waals surface area contributed by atoms with Crippen LogP contribution in [0.15, 0.2) is 41.4 Å². The minimum Gasteiger partial charge on any atom is -0.256 e. The van der Waals surface area contributed by atoms with E-state index in [9.17, 15) is 0 Å². The van der Waals surface area contributed by atoms with Crippen LogP contribution in [0.1, 0.15) is 22.5 Å². The maximum atomic E-state index is 4.46. The topological polar surface area (TPSA) is 25.2 Å². The van der Waals surface area contributed by atoms with E-state index in [1.807, 2.05) is 32.2 Å². The Bertz CT molecular complexity index is 539. The summed E-state index contributed by atoms with van der Waals surface area (Å²) in [4.78, 5) is 8.85. The van der Waals surface area contributed by atoms with Crippen LogP contribution in [0.25, 0.3) is 0 Å². The Morgan fingerprint density at radius 2 is 1.65 bits per heavy atom. The van der Waals surface area contributed by atoms with Crippen molar-refractivity contribution in [1.29, 1.82) is 0 Å². The Balaban J connectivity index is 2.23. The molecule has 2 rings (SSSR count). The molecule has 0 bridgehead atoms. The third kappa shape index (κ3) is 3.00.